The Hall–Kier alpha value is -3.49. The molecule has 1 aromatic carbocycles. The highest BCUT2D eigenvalue weighted by Gasteiger charge is 2.23. The molecule has 0 saturated carbocycles. The quantitative estimate of drug-likeness (QED) is 0.741. The van der Waals surface area contributed by atoms with Crippen molar-refractivity contribution < 1.29 is 14.6 Å². The molecule has 0 spiro atoms. The summed E-state index contributed by atoms with van der Waals surface area (Å²) in [5.74, 6) is 0.473. The number of fused-ring (bicyclic) bond motifs is 1. The van der Waals surface area contributed by atoms with Crippen LogP contribution < -0.4 is 4.74 Å². The number of aromatic nitrogens is 5. The number of ether oxygens (including phenoxy) is 1. The molecule has 138 valence electrons. The molecule has 0 unspecified atom stereocenters. The lowest BCUT2D eigenvalue weighted by Gasteiger charge is -2.20. The second-order valence-electron chi connectivity index (χ2n) is 6.21. The van der Waals surface area contributed by atoms with Crippen molar-refractivity contribution in [1.82, 2.24) is 30.1 Å². The van der Waals surface area contributed by atoms with Gasteiger partial charge in [0.15, 0.2) is 11.5 Å². The van der Waals surface area contributed by atoms with Crippen LogP contribution in [0.2, 0.25) is 0 Å². The zero-order valence-corrected chi connectivity index (χ0v) is 14.5. The van der Waals surface area contributed by atoms with E-state index in [4.69, 9.17) is 4.74 Å². The fourth-order valence-corrected chi connectivity index (χ4v) is 3.06. The lowest BCUT2D eigenvalue weighted by atomic mass is 10.0. The summed E-state index contributed by atoms with van der Waals surface area (Å²) in [5, 5.41) is 21.3. The van der Waals surface area contributed by atoms with E-state index in [9.17, 15) is 9.90 Å². The van der Waals surface area contributed by atoms with Gasteiger partial charge in [0, 0.05) is 36.5 Å². The second kappa shape index (κ2) is 7.40. The van der Waals surface area contributed by atoms with Gasteiger partial charge < -0.3 is 14.7 Å². The van der Waals surface area contributed by atoms with E-state index in [0.717, 1.165) is 16.7 Å². The highest BCUT2D eigenvalue weighted by atomic mass is 16.5. The maximum atomic E-state index is 12.6. The lowest BCUT2D eigenvalue weighted by Crippen LogP contribution is -2.33. The maximum Gasteiger partial charge on any atom is 0.224 e. The minimum Gasteiger partial charge on any atom is -0.504 e. The third-order valence-electron chi connectivity index (χ3n) is 4.41. The first-order valence-electron chi connectivity index (χ1n) is 8.58. The Morgan fingerprint density at radius 3 is 3.00 bits per heavy atom. The molecule has 1 amide bonds. The number of aromatic hydroxyl groups is 1. The van der Waals surface area contributed by atoms with Gasteiger partial charge in [0.2, 0.25) is 5.91 Å². The van der Waals surface area contributed by atoms with E-state index in [2.05, 4.69) is 20.5 Å². The number of aryl methyl sites for hydroxylation is 1. The number of tetrazole rings is 1. The first kappa shape index (κ1) is 17.0. The Labute approximate surface area is 155 Å². The third-order valence-corrected chi connectivity index (χ3v) is 4.41. The number of hydrogen-bond acceptors (Lipinski definition) is 7. The Balaban J connectivity index is 1.55. The van der Waals surface area contributed by atoms with Crippen LogP contribution in [0.1, 0.15) is 12.0 Å². The number of amides is 1. The van der Waals surface area contributed by atoms with Crippen molar-refractivity contribution in [3.8, 4) is 22.6 Å². The monoisotopic (exact) mass is 366 g/mol. The van der Waals surface area contributed by atoms with Gasteiger partial charge in [0.25, 0.3) is 0 Å². The third kappa shape index (κ3) is 3.71. The van der Waals surface area contributed by atoms with E-state index < -0.39 is 0 Å². The summed E-state index contributed by atoms with van der Waals surface area (Å²) in [5.41, 5.74) is 2.48. The SMILES string of the molecule is O=C(CCn1cnnn1)N1CCOc2c(O)cc(-c3cccnc3)cc2C1. The van der Waals surface area contributed by atoms with Gasteiger partial charge in [-0.15, -0.1) is 5.10 Å². The predicted molar refractivity (Wildman–Crippen MR) is 94.7 cm³/mol. The summed E-state index contributed by atoms with van der Waals surface area (Å²) in [6.07, 6.45) is 5.19. The van der Waals surface area contributed by atoms with Gasteiger partial charge in [-0.3, -0.25) is 9.78 Å². The van der Waals surface area contributed by atoms with Crippen molar-refractivity contribution in [2.24, 2.45) is 0 Å². The Bertz CT molecular complexity index is 930. The first-order valence-corrected chi connectivity index (χ1v) is 8.58. The molecule has 0 radical (unpaired) electrons. The first-order chi connectivity index (χ1) is 13.2. The average Bonchev–Trinajstić information content (AvgIpc) is 3.11. The van der Waals surface area contributed by atoms with Crippen LogP contribution in [0.15, 0.2) is 43.0 Å². The predicted octanol–water partition coefficient (Wildman–Crippen LogP) is 1.25. The van der Waals surface area contributed by atoms with Crippen LogP contribution >= 0.6 is 0 Å². The molecular weight excluding hydrogens is 348 g/mol. The number of phenolic OH excluding ortho intramolecular Hbond substituents is 1. The van der Waals surface area contributed by atoms with Crippen molar-refractivity contribution in [3.05, 3.63) is 48.5 Å². The van der Waals surface area contributed by atoms with E-state index in [1.807, 2.05) is 18.2 Å². The van der Waals surface area contributed by atoms with Gasteiger partial charge in [-0.1, -0.05) is 6.07 Å². The molecule has 0 bridgehead atoms. The zero-order valence-electron chi connectivity index (χ0n) is 14.5. The molecule has 9 nitrogen and oxygen atoms in total. The summed E-state index contributed by atoms with van der Waals surface area (Å²) in [6, 6.07) is 7.34. The Morgan fingerprint density at radius 1 is 1.30 bits per heavy atom. The van der Waals surface area contributed by atoms with Gasteiger partial charge in [0.05, 0.1) is 13.1 Å². The van der Waals surface area contributed by atoms with Crippen LogP contribution in [-0.2, 0) is 17.9 Å². The highest BCUT2D eigenvalue weighted by molar-refractivity contribution is 5.77. The maximum absolute atomic E-state index is 12.6. The van der Waals surface area contributed by atoms with Gasteiger partial charge >= 0.3 is 0 Å². The molecular formula is C18H18N6O3. The number of nitrogens with zero attached hydrogens (tertiary/aromatic N) is 6. The van der Waals surface area contributed by atoms with Crippen molar-refractivity contribution in [2.45, 2.75) is 19.5 Å². The number of hydrogen-bond donors (Lipinski definition) is 1. The van der Waals surface area contributed by atoms with Crippen LogP contribution in [0.5, 0.6) is 11.5 Å². The average molecular weight is 366 g/mol. The highest BCUT2D eigenvalue weighted by Crippen LogP contribution is 2.37. The van der Waals surface area contributed by atoms with Crippen molar-refractivity contribution in [3.63, 3.8) is 0 Å². The van der Waals surface area contributed by atoms with Gasteiger partial charge in [-0.2, -0.15) is 0 Å². The normalized spacial score (nSPS) is 13.6. The van der Waals surface area contributed by atoms with Crippen LogP contribution in [0.4, 0.5) is 0 Å². The van der Waals surface area contributed by atoms with Crippen LogP contribution in [0.25, 0.3) is 11.1 Å². The van der Waals surface area contributed by atoms with Crippen LogP contribution in [0, 0.1) is 0 Å². The minimum atomic E-state index is -0.0202. The fourth-order valence-electron chi connectivity index (χ4n) is 3.06. The number of pyridine rings is 1. The molecule has 1 N–H and O–H groups in total. The number of carbonyl (C=O) groups excluding carboxylic acids is 1. The summed E-state index contributed by atoms with van der Waals surface area (Å²) < 4.78 is 7.22. The molecule has 4 rings (SSSR count). The van der Waals surface area contributed by atoms with E-state index in [1.54, 1.807) is 23.4 Å². The Morgan fingerprint density at radius 2 is 2.22 bits per heavy atom. The van der Waals surface area contributed by atoms with E-state index in [0.29, 0.717) is 32.0 Å². The molecule has 0 saturated heterocycles. The van der Waals surface area contributed by atoms with Gasteiger partial charge in [0.1, 0.15) is 12.9 Å². The van der Waals surface area contributed by atoms with E-state index in [1.165, 1.54) is 11.0 Å². The molecule has 0 fully saturated rings. The number of carbonyl (C=O) groups is 1. The molecule has 3 aromatic rings. The molecule has 27 heavy (non-hydrogen) atoms. The summed E-state index contributed by atoms with van der Waals surface area (Å²) in [7, 11) is 0. The largest absolute Gasteiger partial charge is 0.504 e. The van der Waals surface area contributed by atoms with E-state index in [-0.39, 0.29) is 18.1 Å². The van der Waals surface area contributed by atoms with Gasteiger partial charge in [-0.05, 0) is 34.2 Å². The van der Waals surface area contributed by atoms with Crippen molar-refractivity contribution >= 4 is 5.91 Å². The number of rotatable bonds is 4. The zero-order chi connectivity index (χ0) is 18.6. The molecule has 0 atom stereocenters. The fraction of sp³-hybridized carbons (Fsp3) is 0.278. The smallest absolute Gasteiger partial charge is 0.224 e. The van der Waals surface area contributed by atoms with Gasteiger partial charge in [-0.25, -0.2) is 4.68 Å². The topological polar surface area (TPSA) is 106 Å². The summed E-state index contributed by atoms with van der Waals surface area (Å²) >= 11 is 0. The van der Waals surface area contributed by atoms with Crippen molar-refractivity contribution in [2.75, 3.05) is 13.2 Å². The van der Waals surface area contributed by atoms with Crippen LogP contribution in [-0.4, -0.2) is 54.3 Å². The molecule has 0 aliphatic carbocycles. The number of phenols is 1. The Kier molecular flexibility index (Phi) is 4.65. The van der Waals surface area contributed by atoms with Crippen molar-refractivity contribution in [1.29, 1.82) is 0 Å². The molecule has 2 aromatic heterocycles. The molecule has 3 heterocycles. The standard InChI is InChI=1S/C18H18N6O3/c25-16-9-14(13-2-1-4-19-10-13)8-15-11-23(6-7-27-18(15)16)17(26)3-5-24-12-20-21-22-24/h1-2,4,8-10,12,25H,3,5-7,11H2. The summed E-state index contributed by atoms with van der Waals surface area (Å²) in [4.78, 5) is 18.5. The molecule has 1 aliphatic heterocycles. The van der Waals surface area contributed by atoms with Crippen LogP contribution in [0.3, 0.4) is 0 Å². The molecule has 1 aliphatic rings. The van der Waals surface area contributed by atoms with E-state index >= 15 is 0 Å². The number of benzene rings is 1. The second-order valence-corrected chi connectivity index (χ2v) is 6.21. The minimum absolute atomic E-state index is 0.0202. The lowest BCUT2D eigenvalue weighted by molar-refractivity contribution is -0.132. The molecule has 9 heteroatoms. The summed E-state index contributed by atoms with van der Waals surface area (Å²) in [6.45, 7) is 1.55.